The average molecular weight is 449 g/mol. The van der Waals surface area contributed by atoms with Crippen LogP contribution in [0.4, 0.5) is 0 Å². The van der Waals surface area contributed by atoms with Crippen molar-refractivity contribution in [2.24, 2.45) is 0 Å². The summed E-state index contributed by atoms with van der Waals surface area (Å²) in [5.74, 6) is 0. The van der Waals surface area contributed by atoms with Gasteiger partial charge in [0, 0.05) is 0 Å². The molecule has 0 saturated carbocycles. The van der Waals surface area contributed by atoms with Gasteiger partial charge in [-0.3, -0.25) is 0 Å². The van der Waals surface area contributed by atoms with Gasteiger partial charge in [0.25, 0.3) is 0 Å². The van der Waals surface area contributed by atoms with E-state index in [-0.39, 0.29) is 10.8 Å². The van der Waals surface area contributed by atoms with Gasteiger partial charge in [-0.1, -0.05) is 0 Å². The van der Waals surface area contributed by atoms with E-state index in [4.69, 9.17) is 43.4 Å². The summed E-state index contributed by atoms with van der Waals surface area (Å²) in [6.45, 7) is 13.9. The summed E-state index contributed by atoms with van der Waals surface area (Å²) in [6.07, 6.45) is 0. The van der Waals surface area contributed by atoms with Gasteiger partial charge in [0.2, 0.25) is 0 Å². The predicted molar refractivity (Wildman–Crippen MR) is 103 cm³/mol. The molecule has 0 aliphatic carbocycles. The van der Waals surface area contributed by atoms with Crippen molar-refractivity contribution in [3.05, 3.63) is 0 Å². The van der Waals surface area contributed by atoms with Gasteiger partial charge in [-0.25, -0.2) is 0 Å². The molecule has 0 rings (SSSR count). The fourth-order valence-corrected chi connectivity index (χ4v) is 18.4. The third-order valence-electron chi connectivity index (χ3n) is 2.52. The van der Waals surface area contributed by atoms with Crippen molar-refractivity contribution >= 4 is 70.6 Å². The van der Waals surface area contributed by atoms with E-state index in [0.717, 1.165) is 22.7 Å². The van der Waals surface area contributed by atoms with E-state index in [1.807, 2.05) is 0 Å². The van der Waals surface area contributed by atoms with Crippen LogP contribution in [0, 0.1) is 0 Å². The Hall–Kier alpha value is 2.11. The summed E-state index contributed by atoms with van der Waals surface area (Å²) in [7, 11) is 10.8. The normalized spacial score (nSPS) is 18.2. The number of rotatable bonds is 8. The third-order valence-corrected chi connectivity index (χ3v) is 14.3. The van der Waals surface area contributed by atoms with Crippen molar-refractivity contribution in [1.29, 1.82) is 0 Å². The molecule has 0 nitrogen and oxygen atoms in total. The summed E-state index contributed by atoms with van der Waals surface area (Å²) < 4.78 is 0. The first-order valence-electron chi connectivity index (χ1n) is 6.66. The summed E-state index contributed by atoms with van der Waals surface area (Å²) in [6, 6.07) is 2.15. The summed E-state index contributed by atoms with van der Waals surface area (Å²) in [5, 5.41) is 1.80. The fourth-order valence-electron chi connectivity index (χ4n) is 2.04. The number of hydrogen-bond donors (Lipinski definition) is 0. The van der Waals surface area contributed by atoms with Crippen molar-refractivity contribution < 1.29 is 0 Å². The van der Waals surface area contributed by atoms with Crippen molar-refractivity contribution in [3.63, 3.8) is 0 Å². The maximum absolute atomic E-state index is 6.57. The van der Waals surface area contributed by atoms with E-state index < -0.39 is 27.2 Å². The van der Waals surface area contributed by atoms with E-state index in [9.17, 15) is 0 Å². The Morgan fingerprint density at radius 3 is 1.21 bits per heavy atom. The van der Waals surface area contributed by atoms with E-state index >= 15 is 0 Å². The van der Waals surface area contributed by atoms with Gasteiger partial charge < -0.3 is 0 Å². The summed E-state index contributed by atoms with van der Waals surface area (Å²) in [5.41, 5.74) is 0. The van der Waals surface area contributed by atoms with Crippen LogP contribution in [0.1, 0.15) is 0 Å². The van der Waals surface area contributed by atoms with Gasteiger partial charge in [0.1, 0.15) is 0 Å². The Morgan fingerprint density at radius 1 is 0.737 bits per heavy atom. The van der Waals surface area contributed by atoms with Crippen molar-refractivity contribution in [2.45, 2.75) is 72.8 Å². The topological polar surface area (TPSA) is 0 Å². The SMILES string of the molecule is C[Si](C)(C)CC(Cl)C[Se](Cl)(Cl)CC(Cl)C[Si](C)(C)C. The van der Waals surface area contributed by atoms with Gasteiger partial charge in [-0.15, -0.1) is 0 Å². The van der Waals surface area contributed by atoms with Gasteiger partial charge in [-0.05, 0) is 0 Å². The molecule has 0 N–H and O–H groups in total. The second-order valence-corrected chi connectivity index (χ2v) is 31.3. The van der Waals surface area contributed by atoms with Crippen LogP contribution in [0.3, 0.4) is 0 Å². The first-order valence-corrected chi connectivity index (χ1v) is 21.9. The Morgan fingerprint density at radius 2 is 1.00 bits per heavy atom. The number of hydrogen-bond acceptors (Lipinski definition) is 0. The fraction of sp³-hybridized carbons (Fsp3) is 1.00. The van der Waals surface area contributed by atoms with Crippen molar-refractivity contribution in [3.8, 4) is 0 Å². The van der Waals surface area contributed by atoms with Crippen LogP contribution in [0.15, 0.2) is 0 Å². The Bertz CT molecular complexity index is 248. The molecule has 0 radical (unpaired) electrons. The molecule has 7 heteroatoms. The second-order valence-electron chi connectivity index (χ2n) is 7.76. The van der Waals surface area contributed by atoms with Crippen LogP contribution in [0.5, 0.6) is 0 Å². The number of alkyl halides is 2. The Kier molecular flexibility index (Phi) is 9.00. The third kappa shape index (κ3) is 13.5. The second kappa shape index (κ2) is 8.10. The molecule has 0 aromatic heterocycles. The first kappa shape index (κ1) is 21.1. The van der Waals surface area contributed by atoms with Gasteiger partial charge >= 0.3 is 143 Å². The molecule has 0 aliphatic rings. The molecule has 0 aliphatic heterocycles. The van der Waals surface area contributed by atoms with Crippen LogP contribution < -0.4 is 0 Å². The van der Waals surface area contributed by atoms with Crippen LogP contribution in [-0.2, 0) is 0 Å². The molecule has 19 heavy (non-hydrogen) atoms. The van der Waals surface area contributed by atoms with Crippen LogP contribution in [0.25, 0.3) is 0 Å². The summed E-state index contributed by atoms with van der Waals surface area (Å²) in [4.78, 5) is 0. The molecule has 2 atom stereocenters. The van der Waals surface area contributed by atoms with Gasteiger partial charge in [0.05, 0.1) is 0 Å². The van der Waals surface area contributed by atoms with E-state index in [1.165, 1.54) is 0 Å². The zero-order chi connectivity index (χ0) is 15.5. The quantitative estimate of drug-likeness (QED) is 0.283. The maximum atomic E-state index is 6.57. The van der Waals surface area contributed by atoms with E-state index in [0.29, 0.717) is 0 Å². The molecule has 0 heterocycles. The van der Waals surface area contributed by atoms with E-state index in [2.05, 4.69) is 39.3 Å². The monoisotopic (exact) mass is 448 g/mol. The zero-order valence-electron chi connectivity index (χ0n) is 12.9. The van der Waals surface area contributed by atoms with E-state index in [1.54, 1.807) is 0 Å². The Labute approximate surface area is 142 Å². The molecule has 0 aromatic carbocycles. The molecule has 0 saturated heterocycles. The van der Waals surface area contributed by atoms with Crippen LogP contribution >= 0.6 is 43.4 Å². The number of halogens is 4. The average Bonchev–Trinajstić information content (AvgIpc) is 1.89. The molecule has 0 amide bonds. The van der Waals surface area contributed by atoms with Crippen LogP contribution in [-0.4, -0.2) is 37.9 Å². The van der Waals surface area contributed by atoms with Gasteiger partial charge in [0.15, 0.2) is 0 Å². The van der Waals surface area contributed by atoms with Crippen molar-refractivity contribution in [2.75, 3.05) is 0 Å². The molecule has 0 spiro atoms. The molecular weight excluding hydrogens is 421 g/mol. The molecule has 0 aromatic rings. The summed E-state index contributed by atoms with van der Waals surface area (Å²) >= 11 is 10.4. The molecule has 118 valence electrons. The van der Waals surface area contributed by atoms with Crippen molar-refractivity contribution in [1.82, 2.24) is 0 Å². The zero-order valence-corrected chi connectivity index (χ0v) is 19.6. The first-order chi connectivity index (χ1) is 8.20. The molecule has 2 unspecified atom stereocenters. The minimum absolute atomic E-state index is 0.123. The molecular formula is C12H28Cl4SeSi2. The minimum atomic E-state index is -2.49. The standard InChI is InChI=1S/C12H28Cl4SeSi2/c1-18(2,3)9-11(13)7-17(15,16)8-12(14)10-19(4,5)6/h11-12H,7-10H2,1-6H3. The van der Waals surface area contributed by atoms with Crippen LogP contribution in [0.2, 0.25) is 62.0 Å². The molecule has 0 fully saturated rings. The van der Waals surface area contributed by atoms with Gasteiger partial charge in [-0.2, -0.15) is 0 Å². The molecule has 0 bridgehead atoms. The Balaban J connectivity index is 4.31. The predicted octanol–water partition coefficient (Wildman–Crippen LogP) is 6.80.